The molecule has 9 nitrogen and oxygen atoms in total. The summed E-state index contributed by atoms with van der Waals surface area (Å²) in [7, 11) is 0. The Morgan fingerprint density at radius 2 is 2.20 bits per heavy atom. The van der Waals surface area contributed by atoms with Gasteiger partial charge in [0.15, 0.2) is 5.65 Å². The van der Waals surface area contributed by atoms with Crippen molar-refractivity contribution in [2.24, 2.45) is 0 Å². The van der Waals surface area contributed by atoms with Gasteiger partial charge in [0, 0.05) is 59.7 Å². The molecule has 30 heavy (non-hydrogen) atoms. The van der Waals surface area contributed by atoms with E-state index in [1.54, 1.807) is 6.33 Å². The van der Waals surface area contributed by atoms with Gasteiger partial charge in [-0.3, -0.25) is 9.20 Å². The number of likely N-dealkylation sites (tertiary alicyclic amines) is 1. The Labute approximate surface area is 172 Å². The maximum absolute atomic E-state index is 12.1. The van der Waals surface area contributed by atoms with E-state index in [2.05, 4.69) is 42.3 Å². The zero-order chi connectivity index (χ0) is 20.3. The average molecular weight is 402 g/mol. The van der Waals surface area contributed by atoms with Gasteiger partial charge in [-0.1, -0.05) is 0 Å². The molecule has 0 aromatic carbocycles. The Balaban J connectivity index is 1.20. The maximum atomic E-state index is 12.1. The summed E-state index contributed by atoms with van der Waals surface area (Å²) in [6, 6.07) is 4.25. The minimum atomic E-state index is -0.0320. The number of H-pyrrole nitrogens is 1. The highest BCUT2D eigenvalue weighted by molar-refractivity contribution is 5.93. The number of amides is 1. The molecule has 2 fully saturated rings. The van der Waals surface area contributed by atoms with E-state index in [0.717, 1.165) is 53.6 Å². The fourth-order valence-electron chi connectivity index (χ4n) is 4.93. The molecule has 4 aromatic heterocycles. The van der Waals surface area contributed by atoms with Gasteiger partial charge in [-0.15, -0.1) is 10.2 Å². The van der Waals surface area contributed by atoms with Crippen LogP contribution in [0.3, 0.4) is 0 Å². The minimum absolute atomic E-state index is 0.0320. The van der Waals surface area contributed by atoms with E-state index in [9.17, 15) is 4.79 Å². The van der Waals surface area contributed by atoms with Crippen molar-refractivity contribution in [1.82, 2.24) is 34.4 Å². The maximum Gasteiger partial charge on any atom is 0.224 e. The summed E-state index contributed by atoms with van der Waals surface area (Å²) in [5.74, 6) is 0.905. The molecule has 1 aliphatic carbocycles. The molecule has 1 amide bonds. The molecule has 1 saturated carbocycles. The molecule has 152 valence electrons. The summed E-state index contributed by atoms with van der Waals surface area (Å²) in [4.78, 5) is 26.6. The molecule has 0 unspecified atom stereocenters. The van der Waals surface area contributed by atoms with Crippen LogP contribution in [0.25, 0.3) is 27.8 Å². The third kappa shape index (κ3) is 2.65. The normalized spacial score (nSPS) is 24.0. The second kappa shape index (κ2) is 6.25. The fraction of sp³-hybridized carbons (Fsp3) is 0.381. The average Bonchev–Trinajstić information content (AvgIpc) is 3.44. The van der Waals surface area contributed by atoms with E-state index < -0.39 is 0 Å². The number of carbonyl (C=O) groups excluding carboxylic acids is 1. The van der Waals surface area contributed by atoms with Crippen LogP contribution in [0.1, 0.15) is 32.6 Å². The molecule has 0 radical (unpaired) electrons. The van der Waals surface area contributed by atoms with Crippen molar-refractivity contribution in [2.45, 2.75) is 44.2 Å². The number of pyridine rings is 1. The van der Waals surface area contributed by atoms with Crippen LogP contribution in [0.4, 0.5) is 5.95 Å². The molecule has 5 heterocycles. The van der Waals surface area contributed by atoms with E-state index >= 15 is 0 Å². The van der Waals surface area contributed by atoms with Crippen LogP contribution in [-0.4, -0.2) is 58.5 Å². The number of hydrogen-bond acceptors (Lipinski definition) is 6. The Kier molecular flexibility index (Phi) is 3.62. The van der Waals surface area contributed by atoms with Crippen molar-refractivity contribution >= 4 is 28.5 Å². The second-order valence-electron chi connectivity index (χ2n) is 8.57. The Morgan fingerprint density at radius 1 is 1.30 bits per heavy atom. The highest BCUT2D eigenvalue weighted by Crippen LogP contribution is 2.41. The Morgan fingerprint density at radius 3 is 3.03 bits per heavy atom. The van der Waals surface area contributed by atoms with Crippen molar-refractivity contribution in [2.75, 3.05) is 11.9 Å². The summed E-state index contributed by atoms with van der Waals surface area (Å²) in [6.45, 7) is 3.07. The first-order valence-corrected chi connectivity index (χ1v) is 10.3. The lowest BCUT2D eigenvalue weighted by Gasteiger charge is -2.51. The van der Waals surface area contributed by atoms with Gasteiger partial charge in [-0.25, -0.2) is 4.98 Å². The van der Waals surface area contributed by atoms with Crippen molar-refractivity contribution in [3.05, 3.63) is 37.1 Å². The lowest BCUT2D eigenvalue weighted by atomic mass is 9.73. The number of nitrogens with one attached hydrogen (secondary N) is 2. The largest absolute Gasteiger partial charge is 0.351 e. The number of nitrogens with zero attached hydrogens (tertiary/aromatic N) is 6. The third-order valence-corrected chi connectivity index (χ3v) is 6.46. The van der Waals surface area contributed by atoms with Gasteiger partial charge < -0.3 is 15.2 Å². The highest BCUT2D eigenvalue weighted by Gasteiger charge is 2.48. The predicted molar refractivity (Wildman–Crippen MR) is 112 cm³/mol. The molecule has 4 aromatic rings. The SMILES string of the molecule is CC1(N2CCCC2=O)CC(Nc2ncc3c(-c4ccc5nncn5c4)c[nH]c3n2)C1. The molecule has 9 heteroatoms. The molecule has 0 atom stereocenters. The molecular weight excluding hydrogens is 380 g/mol. The molecule has 1 saturated heterocycles. The van der Waals surface area contributed by atoms with E-state index in [4.69, 9.17) is 0 Å². The van der Waals surface area contributed by atoms with Crippen LogP contribution in [0.5, 0.6) is 0 Å². The zero-order valence-electron chi connectivity index (χ0n) is 16.7. The first-order valence-electron chi connectivity index (χ1n) is 10.3. The zero-order valence-corrected chi connectivity index (χ0v) is 16.7. The molecular formula is C21H22N8O. The Hall–Kier alpha value is -3.49. The summed E-state index contributed by atoms with van der Waals surface area (Å²) >= 11 is 0. The van der Waals surface area contributed by atoms with Crippen LogP contribution >= 0.6 is 0 Å². The first-order chi connectivity index (χ1) is 14.6. The number of rotatable bonds is 4. The second-order valence-corrected chi connectivity index (χ2v) is 8.57. The van der Waals surface area contributed by atoms with Gasteiger partial charge in [-0.05, 0) is 38.3 Å². The molecule has 6 rings (SSSR count). The molecule has 0 bridgehead atoms. The van der Waals surface area contributed by atoms with Crippen molar-refractivity contribution in [3.8, 4) is 11.1 Å². The van der Waals surface area contributed by atoms with Gasteiger partial charge >= 0.3 is 0 Å². The number of aromatic nitrogens is 6. The molecule has 2 aliphatic rings. The summed E-state index contributed by atoms with van der Waals surface area (Å²) < 4.78 is 1.89. The smallest absolute Gasteiger partial charge is 0.224 e. The summed E-state index contributed by atoms with van der Waals surface area (Å²) in [5, 5.41) is 12.4. The van der Waals surface area contributed by atoms with Gasteiger partial charge in [0.1, 0.15) is 12.0 Å². The monoisotopic (exact) mass is 402 g/mol. The van der Waals surface area contributed by atoms with E-state index in [0.29, 0.717) is 12.4 Å². The van der Waals surface area contributed by atoms with Gasteiger partial charge in [0.05, 0.1) is 0 Å². The van der Waals surface area contributed by atoms with Crippen LogP contribution < -0.4 is 5.32 Å². The minimum Gasteiger partial charge on any atom is -0.351 e. The molecule has 1 aliphatic heterocycles. The lowest BCUT2D eigenvalue weighted by molar-refractivity contribution is -0.136. The van der Waals surface area contributed by atoms with E-state index in [-0.39, 0.29) is 17.5 Å². The fourth-order valence-corrected chi connectivity index (χ4v) is 4.93. The quantitative estimate of drug-likeness (QED) is 0.544. The van der Waals surface area contributed by atoms with E-state index in [1.165, 1.54) is 0 Å². The summed E-state index contributed by atoms with van der Waals surface area (Å²) in [6.07, 6.45) is 11.0. The standard InChI is InChI=1S/C21H22N8O/c1-21(29-6-2-3-18(29)30)7-14(8-21)25-20-23-10-16-15(9-22-19(16)26-20)13-4-5-17-27-24-12-28(17)11-13/h4-5,9-12,14H,2-3,6-8H2,1H3,(H2,22,23,25,26). The van der Waals surface area contributed by atoms with Gasteiger partial charge in [0.2, 0.25) is 11.9 Å². The predicted octanol–water partition coefficient (Wildman–Crippen LogP) is 2.62. The van der Waals surface area contributed by atoms with E-state index in [1.807, 2.05) is 35.1 Å². The number of fused-ring (bicyclic) bond motifs is 2. The summed E-state index contributed by atoms with van der Waals surface area (Å²) in [5.41, 5.74) is 3.65. The number of aromatic amines is 1. The highest BCUT2D eigenvalue weighted by atomic mass is 16.2. The van der Waals surface area contributed by atoms with Crippen LogP contribution in [0.2, 0.25) is 0 Å². The third-order valence-electron chi connectivity index (χ3n) is 6.46. The van der Waals surface area contributed by atoms with Crippen molar-refractivity contribution < 1.29 is 4.79 Å². The first kappa shape index (κ1) is 17.4. The van der Waals surface area contributed by atoms with Crippen LogP contribution in [0.15, 0.2) is 37.1 Å². The van der Waals surface area contributed by atoms with Crippen molar-refractivity contribution in [3.63, 3.8) is 0 Å². The number of anilines is 1. The molecule has 2 N–H and O–H groups in total. The van der Waals surface area contributed by atoms with Gasteiger partial charge in [-0.2, -0.15) is 4.98 Å². The van der Waals surface area contributed by atoms with Crippen LogP contribution in [0, 0.1) is 0 Å². The van der Waals surface area contributed by atoms with Crippen molar-refractivity contribution in [1.29, 1.82) is 0 Å². The van der Waals surface area contributed by atoms with Crippen LogP contribution in [-0.2, 0) is 4.79 Å². The topological polar surface area (TPSA) is 104 Å². The Bertz CT molecular complexity index is 1270. The number of carbonyl (C=O) groups is 1. The van der Waals surface area contributed by atoms with Gasteiger partial charge in [0.25, 0.3) is 0 Å². The number of hydrogen-bond donors (Lipinski definition) is 2. The lowest BCUT2D eigenvalue weighted by Crippen LogP contribution is -2.59. The molecule has 0 spiro atoms.